The molecule has 1 heterocycles. The number of ether oxygens (including phenoxy) is 1. The highest BCUT2D eigenvalue weighted by Crippen LogP contribution is 2.18. The summed E-state index contributed by atoms with van der Waals surface area (Å²) in [6, 6.07) is 1.15. The fourth-order valence-electron chi connectivity index (χ4n) is 1.81. The molecule has 0 aliphatic rings. The van der Waals surface area contributed by atoms with E-state index in [-0.39, 0.29) is 17.0 Å². The summed E-state index contributed by atoms with van der Waals surface area (Å²) in [6.07, 6.45) is 1.55. The lowest BCUT2D eigenvalue weighted by Crippen LogP contribution is -2.36. The van der Waals surface area contributed by atoms with Gasteiger partial charge in [-0.05, 0) is 19.4 Å². The van der Waals surface area contributed by atoms with E-state index in [9.17, 15) is 18.0 Å². The van der Waals surface area contributed by atoms with Crippen LogP contribution in [0.2, 0.25) is 0 Å². The third-order valence-electron chi connectivity index (χ3n) is 2.89. The van der Waals surface area contributed by atoms with Crippen LogP contribution in [0.3, 0.4) is 0 Å². The minimum absolute atomic E-state index is 0.0235. The van der Waals surface area contributed by atoms with Gasteiger partial charge in [-0.1, -0.05) is 6.92 Å². The maximum Gasteiger partial charge on any atom is 0.339 e. The molecule has 1 N–H and O–H groups in total. The van der Waals surface area contributed by atoms with Gasteiger partial charge in [0.15, 0.2) is 0 Å². The highest BCUT2D eigenvalue weighted by atomic mass is 32.2. The molecule has 1 aromatic heterocycles. The van der Waals surface area contributed by atoms with Crippen LogP contribution in [0.4, 0.5) is 0 Å². The number of carboxylic acid groups (broad SMARTS) is 1. The molecule has 8 nitrogen and oxygen atoms in total. The van der Waals surface area contributed by atoms with Gasteiger partial charge in [0.1, 0.15) is 11.4 Å². The van der Waals surface area contributed by atoms with Crippen molar-refractivity contribution in [3.05, 3.63) is 23.5 Å². The summed E-state index contributed by atoms with van der Waals surface area (Å²) in [6.45, 7) is 2.68. The number of carbonyl (C=O) groups is 2. The number of rotatable bonds is 7. The van der Waals surface area contributed by atoms with Crippen molar-refractivity contribution in [2.24, 2.45) is 0 Å². The number of aryl methyl sites for hydroxylation is 1. The summed E-state index contributed by atoms with van der Waals surface area (Å²) in [4.78, 5) is 26.1. The predicted octanol–water partition coefficient (Wildman–Crippen LogP) is 0.662. The van der Waals surface area contributed by atoms with Gasteiger partial charge in [-0.3, -0.25) is 9.78 Å². The van der Waals surface area contributed by atoms with Gasteiger partial charge in [-0.2, -0.15) is 4.31 Å². The highest BCUT2D eigenvalue weighted by Gasteiger charge is 2.27. The number of carbonyl (C=O) groups excluding carboxylic acids is 1. The fourth-order valence-corrected chi connectivity index (χ4v) is 3.26. The van der Waals surface area contributed by atoms with Gasteiger partial charge in [0.05, 0.1) is 18.4 Å². The Morgan fingerprint density at radius 3 is 2.55 bits per heavy atom. The van der Waals surface area contributed by atoms with Gasteiger partial charge in [0, 0.05) is 12.7 Å². The molecule has 0 fully saturated rings. The first-order valence-corrected chi connectivity index (χ1v) is 7.95. The van der Waals surface area contributed by atoms with Crippen molar-refractivity contribution >= 4 is 22.0 Å². The molecule has 0 radical (unpaired) electrons. The first-order valence-electron chi connectivity index (χ1n) is 6.51. The van der Waals surface area contributed by atoms with Crippen LogP contribution in [-0.4, -0.2) is 55.0 Å². The minimum Gasteiger partial charge on any atom is -0.480 e. The number of esters is 1. The van der Waals surface area contributed by atoms with Crippen molar-refractivity contribution in [3.8, 4) is 0 Å². The van der Waals surface area contributed by atoms with Crippen LogP contribution in [-0.2, 0) is 19.6 Å². The summed E-state index contributed by atoms with van der Waals surface area (Å²) >= 11 is 0. The normalized spacial score (nSPS) is 11.5. The molecule has 0 bridgehead atoms. The molecule has 22 heavy (non-hydrogen) atoms. The number of carboxylic acids is 1. The van der Waals surface area contributed by atoms with Crippen molar-refractivity contribution in [2.75, 3.05) is 20.2 Å². The average molecular weight is 330 g/mol. The monoisotopic (exact) mass is 330 g/mol. The number of sulfonamides is 1. The van der Waals surface area contributed by atoms with Crippen molar-refractivity contribution in [1.82, 2.24) is 9.29 Å². The van der Waals surface area contributed by atoms with E-state index < -0.39 is 28.5 Å². The number of methoxy groups -OCH3 is 1. The van der Waals surface area contributed by atoms with E-state index in [2.05, 4.69) is 9.72 Å². The number of hydrogen-bond acceptors (Lipinski definition) is 6. The van der Waals surface area contributed by atoms with Crippen LogP contribution in [0.25, 0.3) is 0 Å². The average Bonchev–Trinajstić information content (AvgIpc) is 2.45. The Hall–Kier alpha value is -2.00. The summed E-state index contributed by atoms with van der Waals surface area (Å²) in [5.74, 6) is -1.97. The molecule has 1 rings (SSSR count). The molecule has 122 valence electrons. The quantitative estimate of drug-likeness (QED) is 0.730. The Kier molecular flexibility index (Phi) is 6.01. The van der Waals surface area contributed by atoms with E-state index in [0.29, 0.717) is 12.1 Å². The smallest absolute Gasteiger partial charge is 0.339 e. The van der Waals surface area contributed by atoms with Gasteiger partial charge >= 0.3 is 11.9 Å². The lowest BCUT2D eigenvalue weighted by Gasteiger charge is -2.19. The van der Waals surface area contributed by atoms with Crippen molar-refractivity contribution < 1.29 is 27.9 Å². The van der Waals surface area contributed by atoms with Crippen LogP contribution >= 0.6 is 0 Å². The number of aromatic nitrogens is 1. The minimum atomic E-state index is -4.06. The standard InChI is InChI=1S/C13H18N2O6S/c1-4-5-15(8-12(16)17)22(19,20)10-6-11(13(18)21-3)9(2)14-7-10/h6-7H,4-5,8H2,1-3H3,(H,16,17). The van der Waals surface area contributed by atoms with Crippen LogP contribution in [0.1, 0.15) is 29.4 Å². The topological polar surface area (TPSA) is 114 Å². The Labute approximate surface area is 128 Å². The zero-order chi connectivity index (χ0) is 16.9. The molecule has 0 aromatic carbocycles. The van der Waals surface area contributed by atoms with E-state index in [1.807, 2.05) is 0 Å². The molecule has 0 unspecified atom stereocenters. The molecule has 0 saturated heterocycles. The van der Waals surface area contributed by atoms with Gasteiger partial charge in [-0.15, -0.1) is 0 Å². The summed E-state index contributed by atoms with van der Waals surface area (Å²) in [7, 11) is -2.88. The Morgan fingerprint density at radius 1 is 1.41 bits per heavy atom. The first kappa shape index (κ1) is 18.1. The molecule has 0 amide bonds. The van der Waals surface area contributed by atoms with Gasteiger partial charge < -0.3 is 9.84 Å². The molecule has 0 saturated carbocycles. The summed E-state index contributed by atoms with van der Waals surface area (Å²) in [5.41, 5.74) is 0.349. The molecule has 0 aliphatic heterocycles. The second-order valence-electron chi connectivity index (χ2n) is 4.53. The number of nitrogens with zero attached hydrogens (tertiary/aromatic N) is 2. The maximum absolute atomic E-state index is 12.5. The van der Waals surface area contributed by atoms with Crippen LogP contribution in [0.15, 0.2) is 17.2 Å². The molecule has 9 heteroatoms. The Balaban J connectivity index is 3.31. The first-order chi connectivity index (χ1) is 10.2. The van der Waals surface area contributed by atoms with Gasteiger partial charge in [0.25, 0.3) is 0 Å². The maximum atomic E-state index is 12.5. The van der Waals surface area contributed by atoms with Gasteiger partial charge in [0.2, 0.25) is 10.0 Å². The zero-order valence-electron chi connectivity index (χ0n) is 12.6. The SMILES string of the molecule is CCCN(CC(=O)O)S(=O)(=O)c1cnc(C)c(C(=O)OC)c1. The van der Waals surface area contributed by atoms with Crippen molar-refractivity contribution in [1.29, 1.82) is 0 Å². The van der Waals surface area contributed by atoms with E-state index in [1.54, 1.807) is 13.8 Å². The molecule has 0 spiro atoms. The second kappa shape index (κ2) is 7.32. The highest BCUT2D eigenvalue weighted by molar-refractivity contribution is 7.89. The van der Waals surface area contributed by atoms with E-state index in [4.69, 9.17) is 5.11 Å². The fraction of sp³-hybridized carbons (Fsp3) is 0.462. The number of pyridine rings is 1. The molecule has 1 aromatic rings. The van der Waals surface area contributed by atoms with Crippen molar-refractivity contribution in [2.45, 2.75) is 25.2 Å². The zero-order valence-corrected chi connectivity index (χ0v) is 13.4. The third kappa shape index (κ3) is 4.01. The van der Waals surface area contributed by atoms with Crippen LogP contribution in [0, 0.1) is 6.92 Å². The Bertz CT molecular complexity index is 671. The number of aliphatic carboxylic acids is 1. The lowest BCUT2D eigenvalue weighted by molar-refractivity contribution is -0.137. The second-order valence-corrected chi connectivity index (χ2v) is 6.47. The van der Waals surface area contributed by atoms with E-state index in [0.717, 1.165) is 16.6 Å². The van der Waals surface area contributed by atoms with E-state index in [1.165, 1.54) is 7.11 Å². The molecular formula is C13H18N2O6S. The van der Waals surface area contributed by atoms with Gasteiger partial charge in [-0.25, -0.2) is 13.2 Å². The Morgan fingerprint density at radius 2 is 2.05 bits per heavy atom. The predicted molar refractivity (Wildman–Crippen MR) is 77.0 cm³/mol. The summed E-state index contributed by atoms with van der Waals surface area (Å²) < 4.78 is 30.4. The molecule has 0 aliphatic carbocycles. The molecular weight excluding hydrogens is 312 g/mol. The molecule has 0 atom stereocenters. The van der Waals surface area contributed by atoms with Crippen molar-refractivity contribution in [3.63, 3.8) is 0 Å². The van der Waals surface area contributed by atoms with Crippen LogP contribution in [0.5, 0.6) is 0 Å². The largest absolute Gasteiger partial charge is 0.480 e. The lowest BCUT2D eigenvalue weighted by atomic mass is 10.2. The third-order valence-corrected chi connectivity index (χ3v) is 4.70. The number of hydrogen-bond donors (Lipinski definition) is 1. The van der Waals surface area contributed by atoms with Crippen LogP contribution < -0.4 is 0 Å². The van der Waals surface area contributed by atoms with E-state index >= 15 is 0 Å². The summed E-state index contributed by atoms with van der Waals surface area (Å²) in [5, 5.41) is 8.85.